The summed E-state index contributed by atoms with van der Waals surface area (Å²) in [4.78, 5) is 6.90. The van der Waals surface area contributed by atoms with Crippen LogP contribution >= 0.6 is 0 Å². The number of hydrogen-bond acceptors (Lipinski definition) is 2. The predicted octanol–water partition coefficient (Wildman–Crippen LogP) is 1.89. The molecule has 2 rings (SSSR count). The summed E-state index contributed by atoms with van der Waals surface area (Å²) < 4.78 is 2.26. The SMILES string of the molecule is CCCC(C)N1CCn2ccnc2C1. The molecular formula is C11H19N3. The van der Waals surface area contributed by atoms with E-state index in [0.717, 1.165) is 13.1 Å². The summed E-state index contributed by atoms with van der Waals surface area (Å²) in [7, 11) is 0. The lowest BCUT2D eigenvalue weighted by atomic mass is 10.1. The van der Waals surface area contributed by atoms with Gasteiger partial charge >= 0.3 is 0 Å². The molecule has 1 unspecified atom stereocenters. The normalized spacial score (nSPS) is 19.3. The largest absolute Gasteiger partial charge is 0.333 e. The Balaban J connectivity index is 2.00. The molecule has 3 heteroatoms. The molecule has 1 aliphatic rings. The molecule has 2 heterocycles. The Bertz CT molecular complexity index is 292. The van der Waals surface area contributed by atoms with Crippen molar-refractivity contribution in [1.82, 2.24) is 14.5 Å². The van der Waals surface area contributed by atoms with E-state index in [-0.39, 0.29) is 0 Å². The average Bonchev–Trinajstić information content (AvgIpc) is 2.64. The molecule has 0 bridgehead atoms. The van der Waals surface area contributed by atoms with Crippen LogP contribution in [0.1, 0.15) is 32.5 Å². The van der Waals surface area contributed by atoms with Crippen molar-refractivity contribution < 1.29 is 0 Å². The number of hydrogen-bond donors (Lipinski definition) is 0. The first-order valence-electron chi connectivity index (χ1n) is 5.55. The van der Waals surface area contributed by atoms with Crippen molar-refractivity contribution in [3.63, 3.8) is 0 Å². The average molecular weight is 193 g/mol. The minimum absolute atomic E-state index is 0.699. The third-order valence-electron chi connectivity index (χ3n) is 3.10. The maximum Gasteiger partial charge on any atom is 0.122 e. The van der Waals surface area contributed by atoms with Gasteiger partial charge in [0.1, 0.15) is 5.82 Å². The van der Waals surface area contributed by atoms with E-state index in [1.165, 1.54) is 25.2 Å². The van der Waals surface area contributed by atoms with Crippen LogP contribution in [0.2, 0.25) is 0 Å². The molecule has 0 radical (unpaired) electrons. The Morgan fingerprint density at radius 1 is 1.50 bits per heavy atom. The fraction of sp³-hybridized carbons (Fsp3) is 0.727. The van der Waals surface area contributed by atoms with Gasteiger partial charge in [0, 0.05) is 31.5 Å². The van der Waals surface area contributed by atoms with Crippen LogP contribution < -0.4 is 0 Å². The fourth-order valence-electron chi connectivity index (χ4n) is 2.17. The topological polar surface area (TPSA) is 21.1 Å². The van der Waals surface area contributed by atoms with Gasteiger partial charge in [0.05, 0.1) is 6.54 Å². The standard InChI is InChI=1S/C11H19N3/c1-3-4-10(2)14-8-7-13-6-5-12-11(13)9-14/h5-6,10H,3-4,7-9H2,1-2H3. The molecule has 0 aliphatic carbocycles. The highest BCUT2D eigenvalue weighted by Crippen LogP contribution is 2.15. The molecule has 1 aromatic heterocycles. The first kappa shape index (κ1) is 9.71. The molecule has 0 N–H and O–H groups in total. The van der Waals surface area contributed by atoms with Gasteiger partial charge in [0.2, 0.25) is 0 Å². The lowest BCUT2D eigenvalue weighted by molar-refractivity contribution is 0.155. The summed E-state index contributed by atoms with van der Waals surface area (Å²) in [6, 6.07) is 0.699. The van der Waals surface area contributed by atoms with Crippen molar-refractivity contribution in [3.8, 4) is 0 Å². The predicted molar refractivity (Wildman–Crippen MR) is 57.0 cm³/mol. The van der Waals surface area contributed by atoms with Crippen LogP contribution in [0.5, 0.6) is 0 Å². The van der Waals surface area contributed by atoms with Gasteiger partial charge in [0.15, 0.2) is 0 Å². The molecule has 0 saturated carbocycles. The molecule has 0 spiro atoms. The highest BCUT2D eigenvalue weighted by atomic mass is 15.2. The van der Waals surface area contributed by atoms with E-state index in [1.54, 1.807) is 0 Å². The maximum absolute atomic E-state index is 4.37. The van der Waals surface area contributed by atoms with Crippen LogP contribution in [0.25, 0.3) is 0 Å². The van der Waals surface area contributed by atoms with E-state index in [2.05, 4.69) is 34.5 Å². The summed E-state index contributed by atoms with van der Waals surface area (Å²) in [5.74, 6) is 1.22. The van der Waals surface area contributed by atoms with Crippen LogP contribution in [0.4, 0.5) is 0 Å². The zero-order valence-electron chi connectivity index (χ0n) is 9.11. The zero-order valence-corrected chi connectivity index (χ0v) is 9.11. The molecular weight excluding hydrogens is 174 g/mol. The van der Waals surface area contributed by atoms with Crippen molar-refractivity contribution in [2.24, 2.45) is 0 Å². The molecule has 78 valence electrons. The van der Waals surface area contributed by atoms with E-state index < -0.39 is 0 Å². The van der Waals surface area contributed by atoms with Gasteiger partial charge in [-0.3, -0.25) is 4.90 Å². The second-order valence-electron chi connectivity index (χ2n) is 4.15. The van der Waals surface area contributed by atoms with Gasteiger partial charge in [-0.05, 0) is 13.3 Å². The molecule has 0 aromatic carbocycles. The number of fused-ring (bicyclic) bond motifs is 1. The number of nitrogens with zero attached hydrogens (tertiary/aromatic N) is 3. The van der Waals surface area contributed by atoms with Crippen molar-refractivity contribution in [2.45, 2.75) is 45.8 Å². The van der Waals surface area contributed by atoms with Gasteiger partial charge in [-0.1, -0.05) is 13.3 Å². The van der Waals surface area contributed by atoms with Gasteiger partial charge in [-0.15, -0.1) is 0 Å². The summed E-state index contributed by atoms with van der Waals surface area (Å²) in [6.45, 7) is 7.87. The van der Waals surface area contributed by atoms with E-state index in [0.29, 0.717) is 6.04 Å². The molecule has 1 aromatic rings. The van der Waals surface area contributed by atoms with Crippen molar-refractivity contribution >= 4 is 0 Å². The summed E-state index contributed by atoms with van der Waals surface area (Å²) in [5.41, 5.74) is 0. The molecule has 0 fully saturated rings. The smallest absolute Gasteiger partial charge is 0.122 e. The monoisotopic (exact) mass is 193 g/mol. The third kappa shape index (κ3) is 1.82. The van der Waals surface area contributed by atoms with Crippen LogP contribution in [-0.4, -0.2) is 27.0 Å². The molecule has 14 heavy (non-hydrogen) atoms. The van der Waals surface area contributed by atoms with Gasteiger partial charge in [0.25, 0.3) is 0 Å². The van der Waals surface area contributed by atoms with Crippen molar-refractivity contribution in [3.05, 3.63) is 18.2 Å². The molecule has 0 saturated heterocycles. The van der Waals surface area contributed by atoms with E-state index in [4.69, 9.17) is 0 Å². The Kier molecular flexibility index (Phi) is 2.87. The quantitative estimate of drug-likeness (QED) is 0.731. The van der Waals surface area contributed by atoms with Crippen LogP contribution in [-0.2, 0) is 13.1 Å². The minimum Gasteiger partial charge on any atom is -0.333 e. The highest BCUT2D eigenvalue weighted by molar-refractivity contribution is 4.96. The van der Waals surface area contributed by atoms with Gasteiger partial charge < -0.3 is 4.57 Å². The molecule has 1 aliphatic heterocycles. The first-order chi connectivity index (χ1) is 6.81. The van der Waals surface area contributed by atoms with E-state index in [9.17, 15) is 0 Å². The summed E-state index contributed by atoms with van der Waals surface area (Å²) in [5, 5.41) is 0. The zero-order chi connectivity index (χ0) is 9.97. The summed E-state index contributed by atoms with van der Waals surface area (Å²) >= 11 is 0. The van der Waals surface area contributed by atoms with E-state index >= 15 is 0 Å². The van der Waals surface area contributed by atoms with Crippen molar-refractivity contribution in [2.75, 3.05) is 6.54 Å². The molecule has 0 amide bonds. The minimum atomic E-state index is 0.699. The first-order valence-corrected chi connectivity index (χ1v) is 5.55. The lowest BCUT2D eigenvalue weighted by Crippen LogP contribution is -2.39. The van der Waals surface area contributed by atoms with Crippen molar-refractivity contribution in [1.29, 1.82) is 0 Å². The van der Waals surface area contributed by atoms with Gasteiger partial charge in [-0.25, -0.2) is 4.98 Å². The van der Waals surface area contributed by atoms with Gasteiger partial charge in [-0.2, -0.15) is 0 Å². The second kappa shape index (κ2) is 4.13. The van der Waals surface area contributed by atoms with Crippen LogP contribution in [0.3, 0.4) is 0 Å². The van der Waals surface area contributed by atoms with Crippen LogP contribution in [0.15, 0.2) is 12.4 Å². The Morgan fingerprint density at radius 2 is 2.36 bits per heavy atom. The number of rotatable bonds is 3. The maximum atomic E-state index is 4.37. The second-order valence-corrected chi connectivity index (χ2v) is 4.15. The lowest BCUT2D eigenvalue weighted by Gasteiger charge is -2.32. The Morgan fingerprint density at radius 3 is 3.14 bits per heavy atom. The number of imidazole rings is 1. The van der Waals surface area contributed by atoms with Crippen LogP contribution in [0, 0.1) is 0 Å². The third-order valence-corrected chi connectivity index (χ3v) is 3.10. The Hall–Kier alpha value is -0.830. The number of aromatic nitrogens is 2. The Labute approximate surface area is 85.7 Å². The molecule has 1 atom stereocenters. The molecule has 3 nitrogen and oxygen atoms in total. The highest BCUT2D eigenvalue weighted by Gasteiger charge is 2.20. The fourth-order valence-corrected chi connectivity index (χ4v) is 2.17. The summed E-state index contributed by atoms with van der Waals surface area (Å²) in [6.07, 6.45) is 6.55. The van der Waals surface area contributed by atoms with E-state index in [1.807, 2.05) is 6.20 Å².